The fourth-order valence-electron chi connectivity index (χ4n) is 2.89. The molecule has 0 spiro atoms. The Hall–Kier alpha value is -1.75. The minimum atomic E-state index is -0.101. The van der Waals surface area contributed by atoms with E-state index in [0.717, 1.165) is 25.7 Å². The van der Waals surface area contributed by atoms with Crippen molar-refractivity contribution in [1.82, 2.24) is 4.98 Å². The number of hydrogen-bond acceptors (Lipinski definition) is 4. The monoisotopic (exact) mass is 290 g/mol. The molecule has 5 nitrogen and oxygen atoms in total. The standard InChI is InChI=1S/C16H22N2O3/c1-11(19)14-10-17-7-6-15(14)18-16(20)9-12-4-3-5-13(8-12)21-2/h6-7,10,12-13H,3-5,8-9H2,1-2H3,(H,17,18,20). The maximum Gasteiger partial charge on any atom is 0.224 e. The van der Waals surface area contributed by atoms with Crippen molar-refractivity contribution in [1.29, 1.82) is 0 Å². The van der Waals surface area contributed by atoms with Crippen molar-refractivity contribution in [3.63, 3.8) is 0 Å². The van der Waals surface area contributed by atoms with Gasteiger partial charge in [0.1, 0.15) is 0 Å². The van der Waals surface area contributed by atoms with Crippen molar-refractivity contribution in [3.8, 4) is 0 Å². The maximum absolute atomic E-state index is 12.2. The normalized spacial score (nSPS) is 21.8. The zero-order chi connectivity index (χ0) is 15.2. The summed E-state index contributed by atoms with van der Waals surface area (Å²) in [5.74, 6) is 0.201. The Labute approximate surface area is 125 Å². The molecule has 1 fully saturated rings. The third-order valence-electron chi connectivity index (χ3n) is 4.02. The Bertz CT molecular complexity index is 516. The number of nitrogens with one attached hydrogen (secondary N) is 1. The number of nitrogens with zero attached hydrogens (tertiary/aromatic N) is 1. The van der Waals surface area contributed by atoms with Gasteiger partial charge in [0.25, 0.3) is 0 Å². The van der Waals surface area contributed by atoms with Gasteiger partial charge in [-0.15, -0.1) is 0 Å². The molecule has 2 atom stereocenters. The molecule has 5 heteroatoms. The van der Waals surface area contributed by atoms with Gasteiger partial charge in [0.15, 0.2) is 5.78 Å². The molecule has 0 aromatic carbocycles. The van der Waals surface area contributed by atoms with E-state index >= 15 is 0 Å². The molecule has 114 valence electrons. The second kappa shape index (κ2) is 7.31. The summed E-state index contributed by atoms with van der Waals surface area (Å²) in [6.07, 6.45) is 7.97. The van der Waals surface area contributed by atoms with Crippen molar-refractivity contribution in [2.24, 2.45) is 5.92 Å². The molecule has 2 unspecified atom stereocenters. The van der Waals surface area contributed by atoms with Crippen LogP contribution in [-0.4, -0.2) is 29.9 Å². The van der Waals surface area contributed by atoms with Gasteiger partial charge in [0.2, 0.25) is 5.91 Å². The molecule has 1 saturated carbocycles. The van der Waals surface area contributed by atoms with Gasteiger partial charge in [-0.1, -0.05) is 6.42 Å². The third-order valence-corrected chi connectivity index (χ3v) is 4.02. The van der Waals surface area contributed by atoms with Crippen LogP contribution < -0.4 is 5.32 Å². The predicted octanol–water partition coefficient (Wildman–Crippen LogP) is 2.82. The van der Waals surface area contributed by atoms with E-state index in [1.54, 1.807) is 19.4 Å². The van der Waals surface area contributed by atoms with Gasteiger partial charge in [-0.2, -0.15) is 0 Å². The molecular formula is C16H22N2O3. The van der Waals surface area contributed by atoms with Gasteiger partial charge in [0.05, 0.1) is 17.4 Å². The van der Waals surface area contributed by atoms with Crippen molar-refractivity contribution in [2.75, 3.05) is 12.4 Å². The highest BCUT2D eigenvalue weighted by Crippen LogP contribution is 2.28. The van der Waals surface area contributed by atoms with Gasteiger partial charge in [-0.3, -0.25) is 14.6 Å². The van der Waals surface area contributed by atoms with Crippen molar-refractivity contribution in [2.45, 2.75) is 45.1 Å². The topological polar surface area (TPSA) is 68.3 Å². The summed E-state index contributed by atoms with van der Waals surface area (Å²) >= 11 is 0. The average Bonchev–Trinajstić information content (AvgIpc) is 2.47. The Kier molecular flexibility index (Phi) is 5.44. The van der Waals surface area contributed by atoms with Gasteiger partial charge < -0.3 is 10.1 Å². The number of hydrogen-bond donors (Lipinski definition) is 1. The Morgan fingerprint density at radius 3 is 2.95 bits per heavy atom. The van der Waals surface area contributed by atoms with E-state index < -0.39 is 0 Å². The molecule has 2 rings (SSSR count). The lowest BCUT2D eigenvalue weighted by Gasteiger charge is -2.27. The van der Waals surface area contributed by atoms with Crippen LogP contribution in [0.2, 0.25) is 0 Å². The lowest BCUT2D eigenvalue weighted by Crippen LogP contribution is -2.25. The smallest absolute Gasteiger partial charge is 0.224 e. The van der Waals surface area contributed by atoms with Crippen LogP contribution in [0.3, 0.4) is 0 Å². The Morgan fingerprint density at radius 2 is 2.24 bits per heavy atom. The highest BCUT2D eigenvalue weighted by Gasteiger charge is 2.24. The number of amides is 1. The second-order valence-electron chi connectivity index (χ2n) is 5.62. The number of ether oxygens (including phenoxy) is 1. The third kappa shape index (κ3) is 4.36. The molecule has 1 aromatic rings. The molecule has 0 bridgehead atoms. The number of carbonyl (C=O) groups is 2. The van der Waals surface area contributed by atoms with E-state index in [1.807, 2.05) is 0 Å². The molecule has 0 radical (unpaired) electrons. The largest absolute Gasteiger partial charge is 0.381 e. The van der Waals surface area contributed by atoms with Crippen molar-refractivity contribution >= 4 is 17.4 Å². The summed E-state index contributed by atoms with van der Waals surface area (Å²) in [7, 11) is 1.73. The molecule has 1 aromatic heterocycles. The first kappa shape index (κ1) is 15.6. The van der Waals surface area contributed by atoms with Crippen LogP contribution in [0.25, 0.3) is 0 Å². The van der Waals surface area contributed by atoms with Crippen LogP contribution in [0.15, 0.2) is 18.5 Å². The van der Waals surface area contributed by atoms with Crippen molar-refractivity contribution in [3.05, 3.63) is 24.0 Å². The lowest BCUT2D eigenvalue weighted by molar-refractivity contribution is -0.117. The van der Waals surface area contributed by atoms with Crippen LogP contribution in [-0.2, 0) is 9.53 Å². The SMILES string of the molecule is COC1CCCC(CC(=O)Nc2ccncc2C(C)=O)C1. The lowest BCUT2D eigenvalue weighted by atomic mass is 9.85. The first-order chi connectivity index (χ1) is 10.1. The highest BCUT2D eigenvalue weighted by molar-refractivity contribution is 6.03. The van der Waals surface area contributed by atoms with E-state index in [9.17, 15) is 9.59 Å². The number of rotatable bonds is 5. The molecule has 0 saturated heterocycles. The number of aromatic nitrogens is 1. The summed E-state index contributed by atoms with van der Waals surface area (Å²) in [6.45, 7) is 1.47. The van der Waals surface area contributed by atoms with Gasteiger partial charge >= 0.3 is 0 Å². The number of methoxy groups -OCH3 is 1. The Balaban J connectivity index is 1.94. The van der Waals surface area contributed by atoms with E-state index in [1.165, 1.54) is 13.1 Å². The number of anilines is 1. The summed E-state index contributed by atoms with van der Waals surface area (Å²) in [4.78, 5) is 27.6. The predicted molar refractivity (Wildman–Crippen MR) is 80.2 cm³/mol. The number of pyridine rings is 1. The summed E-state index contributed by atoms with van der Waals surface area (Å²) in [6, 6.07) is 1.66. The van der Waals surface area contributed by atoms with Gasteiger partial charge in [-0.25, -0.2) is 0 Å². The second-order valence-corrected chi connectivity index (χ2v) is 5.62. The summed E-state index contributed by atoms with van der Waals surface area (Å²) in [5.41, 5.74) is 0.992. The quantitative estimate of drug-likeness (QED) is 0.847. The average molecular weight is 290 g/mol. The molecule has 1 amide bonds. The number of carbonyl (C=O) groups excluding carboxylic acids is 2. The van der Waals surface area contributed by atoms with E-state index in [0.29, 0.717) is 23.6 Å². The van der Waals surface area contributed by atoms with Crippen LogP contribution >= 0.6 is 0 Å². The van der Waals surface area contributed by atoms with E-state index in [2.05, 4.69) is 10.3 Å². The fourth-order valence-corrected chi connectivity index (χ4v) is 2.89. The summed E-state index contributed by atoms with van der Waals surface area (Å²) < 4.78 is 5.39. The highest BCUT2D eigenvalue weighted by atomic mass is 16.5. The van der Waals surface area contributed by atoms with Crippen molar-refractivity contribution < 1.29 is 14.3 Å². The Morgan fingerprint density at radius 1 is 1.43 bits per heavy atom. The van der Waals surface area contributed by atoms with Gasteiger partial charge in [-0.05, 0) is 38.2 Å². The first-order valence-corrected chi connectivity index (χ1v) is 7.37. The zero-order valence-corrected chi connectivity index (χ0v) is 12.6. The molecule has 21 heavy (non-hydrogen) atoms. The molecule has 1 aliphatic rings. The van der Waals surface area contributed by atoms with Crippen LogP contribution in [0.1, 0.15) is 49.4 Å². The molecule has 1 aliphatic carbocycles. The minimum absolute atomic E-state index is 0.0505. The maximum atomic E-state index is 12.2. The number of Topliss-reactive ketones (excluding diaryl/α,β-unsaturated/α-hetero) is 1. The first-order valence-electron chi connectivity index (χ1n) is 7.37. The van der Waals surface area contributed by atoms with Crippen LogP contribution in [0.4, 0.5) is 5.69 Å². The minimum Gasteiger partial charge on any atom is -0.381 e. The number of ketones is 1. The van der Waals surface area contributed by atoms with E-state index in [4.69, 9.17) is 4.74 Å². The van der Waals surface area contributed by atoms with E-state index in [-0.39, 0.29) is 17.8 Å². The molecule has 1 N–H and O–H groups in total. The fraction of sp³-hybridized carbons (Fsp3) is 0.562. The molecular weight excluding hydrogens is 268 g/mol. The summed E-state index contributed by atoms with van der Waals surface area (Å²) in [5, 5.41) is 2.83. The zero-order valence-electron chi connectivity index (χ0n) is 12.6. The molecule has 1 heterocycles. The van der Waals surface area contributed by atoms with Crippen LogP contribution in [0, 0.1) is 5.92 Å². The van der Waals surface area contributed by atoms with Gasteiger partial charge in [0, 0.05) is 25.9 Å². The molecule has 0 aliphatic heterocycles. The van der Waals surface area contributed by atoms with Crippen LogP contribution in [0.5, 0.6) is 0 Å².